The number of urea groups is 1. The standard InChI is InChI=1S/C20H20ClN5O3/c21-13-5-6-16-14(11-13)19(23-15-3-1-2-4-17(15)29-16)26-9-7-25(8-10-26)12-18(27)24-20(22)28/h1-6,11H,7-10,12H2,(H3,22,24,27,28). The van der Waals surface area contributed by atoms with Crippen LogP contribution in [0.15, 0.2) is 47.5 Å². The van der Waals surface area contributed by atoms with Crippen LogP contribution in [0.3, 0.4) is 0 Å². The summed E-state index contributed by atoms with van der Waals surface area (Å²) in [6, 6.07) is 12.3. The number of ether oxygens (including phenoxy) is 1. The minimum absolute atomic E-state index is 0.123. The van der Waals surface area contributed by atoms with E-state index in [9.17, 15) is 9.59 Å². The van der Waals surface area contributed by atoms with Crippen LogP contribution in [-0.4, -0.2) is 60.3 Å². The van der Waals surface area contributed by atoms with E-state index in [4.69, 9.17) is 27.1 Å². The van der Waals surface area contributed by atoms with Gasteiger partial charge in [-0.3, -0.25) is 15.0 Å². The Labute approximate surface area is 172 Å². The molecule has 2 aliphatic rings. The number of para-hydroxylation sites is 2. The van der Waals surface area contributed by atoms with Crippen molar-refractivity contribution in [2.75, 3.05) is 32.7 Å². The topological polar surface area (TPSA) is 100 Å². The lowest BCUT2D eigenvalue weighted by atomic mass is 10.1. The third-order valence-corrected chi connectivity index (χ3v) is 5.03. The number of halogens is 1. The number of nitrogens with two attached hydrogens (primary N) is 1. The minimum Gasteiger partial charge on any atom is -0.454 e. The molecule has 0 aromatic heterocycles. The Balaban J connectivity index is 1.56. The van der Waals surface area contributed by atoms with E-state index in [0.29, 0.717) is 42.7 Å². The molecule has 3 N–H and O–H groups in total. The second-order valence-electron chi connectivity index (χ2n) is 6.82. The van der Waals surface area contributed by atoms with E-state index < -0.39 is 11.9 Å². The fourth-order valence-electron chi connectivity index (χ4n) is 3.43. The first-order valence-electron chi connectivity index (χ1n) is 9.22. The molecule has 8 nitrogen and oxygen atoms in total. The van der Waals surface area contributed by atoms with Crippen molar-refractivity contribution in [3.63, 3.8) is 0 Å². The van der Waals surface area contributed by atoms with E-state index >= 15 is 0 Å². The Hall–Kier alpha value is -3.10. The maximum absolute atomic E-state index is 11.8. The molecule has 2 aromatic carbocycles. The van der Waals surface area contributed by atoms with E-state index in [-0.39, 0.29) is 6.54 Å². The molecule has 2 heterocycles. The quantitative estimate of drug-likeness (QED) is 0.787. The molecule has 1 saturated heterocycles. The summed E-state index contributed by atoms with van der Waals surface area (Å²) in [7, 11) is 0. The number of carbonyl (C=O) groups excluding carboxylic acids is 2. The number of nitrogens with zero attached hydrogens (tertiary/aromatic N) is 3. The zero-order valence-corrected chi connectivity index (χ0v) is 16.4. The summed E-state index contributed by atoms with van der Waals surface area (Å²) in [5.41, 5.74) is 6.57. The largest absolute Gasteiger partial charge is 0.454 e. The fraction of sp³-hybridized carbons (Fsp3) is 0.250. The van der Waals surface area contributed by atoms with E-state index in [1.54, 1.807) is 6.07 Å². The number of imide groups is 1. The molecule has 9 heteroatoms. The van der Waals surface area contributed by atoms with Gasteiger partial charge in [-0.25, -0.2) is 9.79 Å². The van der Waals surface area contributed by atoms with Gasteiger partial charge in [0.25, 0.3) is 0 Å². The van der Waals surface area contributed by atoms with Crippen LogP contribution in [-0.2, 0) is 4.79 Å². The van der Waals surface area contributed by atoms with Crippen LogP contribution in [0, 0.1) is 0 Å². The molecule has 0 bridgehead atoms. The predicted molar refractivity (Wildman–Crippen MR) is 110 cm³/mol. The van der Waals surface area contributed by atoms with Crippen molar-refractivity contribution in [3.8, 4) is 11.5 Å². The van der Waals surface area contributed by atoms with E-state index in [1.165, 1.54) is 0 Å². The third-order valence-electron chi connectivity index (χ3n) is 4.80. The average Bonchev–Trinajstić information content (AvgIpc) is 2.84. The van der Waals surface area contributed by atoms with Gasteiger partial charge in [0.05, 0.1) is 12.1 Å². The molecule has 0 aliphatic carbocycles. The number of nitrogens with one attached hydrogen (secondary N) is 1. The summed E-state index contributed by atoms with van der Waals surface area (Å²) in [6.07, 6.45) is 0. The van der Waals surface area contributed by atoms with Crippen LogP contribution in [0.5, 0.6) is 11.5 Å². The van der Waals surface area contributed by atoms with Gasteiger partial charge in [0, 0.05) is 31.2 Å². The number of amides is 3. The number of amidine groups is 1. The van der Waals surface area contributed by atoms with Gasteiger partial charge in [-0.1, -0.05) is 23.7 Å². The summed E-state index contributed by atoms with van der Waals surface area (Å²) < 4.78 is 6.08. The lowest BCUT2D eigenvalue weighted by Crippen LogP contribution is -2.52. The zero-order chi connectivity index (χ0) is 20.4. The minimum atomic E-state index is -0.839. The van der Waals surface area contributed by atoms with Crippen LogP contribution in [0.4, 0.5) is 10.5 Å². The van der Waals surface area contributed by atoms with Crippen molar-refractivity contribution in [2.45, 2.75) is 0 Å². The molecule has 29 heavy (non-hydrogen) atoms. The van der Waals surface area contributed by atoms with Gasteiger partial charge in [-0.2, -0.15) is 0 Å². The Morgan fingerprint density at radius 3 is 2.62 bits per heavy atom. The highest BCUT2D eigenvalue weighted by atomic mass is 35.5. The molecule has 4 rings (SSSR count). The van der Waals surface area contributed by atoms with Crippen LogP contribution in [0.25, 0.3) is 0 Å². The van der Waals surface area contributed by atoms with Crippen LogP contribution in [0.1, 0.15) is 5.56 Å². The zero-order valence-electron chi connectivity index (χ0n) is 15.6. The number of primary amides is 1. The highest BCUT2D eigenvalue weighted by Crippen LogP contribution is 2.38. The van der Waals surface area contributed by atoms with Crippen molar-refractivity contribution in [3.05, 3.63) is 53.1 Å². The maximum atomic E-state index is 11.8. The highest BCUT2D eigenvalue weighted by molar-refractivity contribution is 6.31. The Bertz CT molecular complexity index is 986. The van der Waals surface area contributed by atoms with Crippen molar-refractivity contribution >= 4 is 35.1 Å². The van der Waals surface area contributed by atoms with Crippen molar-refractivity contribution in [1.29, 1.82) is 0 Å². The number of benzene rings is 2. The maximum Gasteiger partial charge on any atom is 0.318 e. The first-order chi connectivity index (χ1) is 14.0. The molecule has 2 aliphatic heterocycles. The van der Waals surface area contributed by atoms with Gasteiger partial charge < -0.3 is 15.4 Å². The summed E-state index contributed by atoms with van der Waals surface area (Å²) in [4.78, 5) is 31.6. The molecule has 0 unspecified atom stereocenters. The van der Waals surface area contributed by atoms with E-state index in [1.807, 2.05) is 41.3 Å². The van der Waals surface area contributed by atoms with Crippen LogP contribution in [0.2, 0.25) is 5.02 Å². The molecule has 0 atom stereocenters. The summed E-state index contributed by atoms with van der Waals surface area (Å²) in [5.74, 6) is 1.76. The van der Waals surface area contributed by atoms with Gasteiger partial charge in [-0.05, 0) is 30.3 Å². The Morgan fingerprint density at radius 2 is 1.86 bits per heavy atom. The summed E-state index contributed by atoms with van der Waals surface area (Å²) in [5, 5.41) is 2.70. The number of carbonyl (C=O) groups is 2. The van der Waals surface area contributed by atoms with Crippen molar-refractivity contribution in [2.24, 2.45) is 10.7 Å². The first kappa shape index (κ1) is 19.2. The second-order valence-corrected chi connectivity index (χ2v) is 7.26. The number of rotatable bonds is 2. The van der Waals surface area contributed by atoms with Crippen molar-refractivity contribution < 1.29 is 14.3 Å². The number of fused-ring (bicyclic) bond motifs is 2. The highest BCUT2D eigenvalue weighted by Gasteiger charge is 2.26. The first-order valence-corrected chi connectivity index (χ1v) is 9.59. The molecular weight excluding hydrogens is 394 g/mol. The fourth-order valence-corrected chi connectivity index (χ4v) is 3.61. The van der Waals surface area contributed by atoms with Gasteiger partial charge in [0.1, 0.15) is 17.3 Å². The smallest absolute Gasteiger partial charge is 0.318 e. The van der Waals surface area contributed by atoms with E-state index in [2.05, 4.69) is 10.2 Å². The Kier molecular flexibility index (Phi) is 5.37. The lowest BCUT2D eigenvalue weighted by molar-refractivity contribution is -0.121. The molecule has 1 fully saturated rings. The lowest BCUT2D eigenvalue weighted by Gasteiger charge is -2.36. The van der Waals surface area contributed by atoms with Gasteiger partial charge >= 0.3 is 6.03 Å². The molecule has 0 radical (unpaired) electrons. The number of aliphatic imine (C=N–C) groups is 1. The van der Waals surface area contributed by atoms with Crippen LogP contribution >= 0.6 is 11.6 Å². The monoisotopic (exact) mass is 413 g/mol. The number of hydrogen-bond acceptors (Lipinski definition) is 6. The Morgan fingerprint density at radius 1 is 1.10 bits per heavy atom. The third kappa shape index (κ3) is 4.33. The number of hydrogen-bond donors (Lipinski definition) is 2. The van der Waals surface area contributed by atoms with Gasteiger partial charge in [0.2, 0.25) is 5.91 Å². The van der Waals surface area contributed by atoms with E-state index in [0.717, 1.165) is 17.1 Å². The van der Waals surface area contributed by atoms with Gasteiger partial charge in [0.15, 0.2) is 5.75 Å². The average molecular weight is 414 g/mol. The molecule has 150 valence electrons. The second kappa shape index (κ2) is 8.10. The van der Waals surface area contributed by atoms with Crippen molar-refractivity contribution in [1.82, 2.24) is 15.1 Å². The molecule has 2 aromatic rings. The SMILES string of the molecule is NC(=O)NC(=O)CN1CCN(C2=Nc3ccccc3Oc3ccc(Cl)cc32)CC1. The predicted octanol–water partition coefficient (Wildman–Crippen LogP) is 2.34. The van der Waals surface area contributed by atoms with Gasteiger partial charge in [-0.15, -0.1) is 0 Å². The van der Waals surface area contributed by atoms with Crippen LogP contribution < -0.4 is 15.8 Å². The summed E-state index contributed by atoms with van der Waals surface area (Å²) >= 11 is 6.25. The normalized spacial score (nSPS) is 16.0. The molecular formula is C20H20ClN5O3. The molecule has 3 amide bonds. The molecule has 0 saturated carbocycles. The summed E-state index contributed by atoms with van der Waals surface area (Å²) in [6.45, 7) is 2.73. The number of piperazine rings is 1. The molecule has 0 spiro atoms.